The minimum atomic E-state index is -0.130. The number of hydrogen-bond acceptors (Lipinski definition) is 5. The van der Waals surface area contributed by atoms with Crippen LogP contribution in [-0.2, 0) is 4.79 Å². The molecule has 6 heteroatoms. The Morgan fingerprint density at radius 1 is 0.963 bits per heavy atom. The smallest absolute Gasteiger partial charge is 0.286 e. The van der Waals surface area contributed by atoms with Crippen LogP contribution in [-0.4, -0.2) is 48.4 Å². The van der Waals surface area contributed by atoms with Crippen molar-refractivity contribution in [3.63, 3.8) is 0 Å². The highest BCUT2D eigenvalue weighted by Gasteiger charge is 2.28. The van der Waals surface area contributed by atoms with Gasteiger partial charge in [-0.15, -0.1) is 11.8 Å². The van der Waals surface area contributed by atoms with Gasteiger partial charge >= 0.3 is 0 Å². The number of amidine groups is 1. The number of amides is 1. The predicted molar refractivity (Wildman–Crippen MR) is 116 cm³/mol. The average Bonchev–Trinajstić information content (AvgIpc) is 3.10. The summed E-state index contributed by atoms with van der Waals surface area (Å²) in [6.45, 7) is 3.63. The molecule has 0 N–H and O–H groups in total. The van der Waals surface area contributed by atoms with Crippen LogP contribution >= 0.6 is 23.5 Å². The van der Waals surface area contributed by atoms with Crippen LogP contribution in [0.5, 0.6) is 0 Å². The Hall–Kier alpha value is -2.18. The Labute approximate surface area is 168 Å². The van der Waals surface area contributed by atoms with E-state index in [0.717, 1.165) is 36.9 Å². The normalized spacial score (nSPS) is 18.9. The van der Waals surface area contributed by atoms with E-state index in [4.69, 9.17) is 0 Å². The molecule has 1 fully saturated rings. The number of anilines is 1. The number of thioether (sulfide) groups is 2. The van der Waals surface area contributed by atoms with Gasteiger partial charge in [-0.25, -0.2) is 0 Å². The molecule has 138 valence electrons. The van der Waals surface area contributed by atoms with E-state index in [0.29, 0.717) is 4.91 Å². The van der Waals surface area contributed by atoms with Gasteiger partial charge in [0.25, 0.3) is 5.91 Å². The van der Waals surface area contributed by atoms with Crippen molar-refractivity contribution in [2.45, 2.75) is 4.90 Å². The van der Waals surface area contributed by atoms with Crippen LogP contribution in [0.4, 0.5) is 5.69 Å². The number of para-hydroxylation sites is 1. The van der Waals surface area contributed by atoms with E-state index in [2.05, 4.69) is 57.4 Å². The summed E-state index contributed by atoms with van der Waals surface area (Å²) in [4.78, 5) is 23.1. The second-order valence-corrected chi connectivity index (χ2v) is 8.28. The van der Waals surface area contributed by atoms with Gasteiger partial charge in [0.15, 0.2) is 5.17 Å². The van der Waals surface area contributed by atoms with Crippen LogP contribution in [0.1, 0.15) is 5.56 Å². The first-order chi connectivity index (χ1) is 13.2. The van der Waals surface area contributed by atoms with Crippen LogP contribution in [0.2, 0.25) is 0 Å². The van der Waals surface area contributed by atoms with Crippen molar-refractivity contribution < 1.29 is 4.79 Å². The zero-order chi connectivity index (χ0) is 18.6. The molecule has 0 spiro atoms. The Kier molecular flexibility index (Phi) is 5.55. The fourth-order valence-corrected chi connectivity index (χ4v) is 4.55. The summed E-state index contributed by atoms with van der Waals surface area (Å²) in [5.74, 6) is -0.130. The van der Waals surface area contributed by atoms with E-state index in [1.165, 1.54) is 22.3 Å². The van der Waals surface area contributed by atoms with Gasteiger partial charge in [-0.3, -0.25) is 4.79 Å². The third-order valence-corrected chi connectivity index (χ3v) is 6.48. The van der Waals surface area contributed by atoms with Crippen molar-refractivity contribution in [2.24, 2.45) is 4.99 Å². The zero-order valence-corrected chi connectivity index (χ0v) is 16.8. The van der Waals surface area contributed by atoms with E-state index in [1.54, 1.807) is 11.8 Å². The van der Waals surface area contributed by atoms with E-state index in [9.17, 15) is 4.79 Å². The van der Waals surface area contributed by atoms with Gasteiger partial charge in [0.1, 0.15) is 0 Å². The topological polar surface area (TPSA) is 35.9 Å². The second kappa shape index (κ2) is 8.23. The monoisotopic (exact) mass is 395 g/mol. The summed E-state index contributed by atoms with van der Waals surface area (Å²) in [6.07, 6.45) is 4.00. The zero-order valence-electron chi connectivity index (χ0n) is 15.2. The van der Waals surface area contributed by atoms with Crippen molar-refractivity contribution in [3.8, 4) is 0 Å². The summed E-state index contributed by atoms with van der Waals surface area (Å²) in [7, 11) is 0. The Morgan fingerprint density at radius 3 is 2.30 bits per heavy atom. The van der Waals surface area contributed by atoms with Crippen LogP contribution in [0, 0.1) is 0 Å². The number of carbonyl (C=O) groups excluding carboxylic acids is 1. The maximum absolute atomic E-state index is 12.3. The highest BCUT2D eigenvalue weighted by atomic mass is 32.2. The lowest BCUT2D eigenvalue weighted by Gasteiger charge is -2.36. The summed E-state index contributed by atoms with van der Waals surface area (Å²) in [5, 5.41) is 0.833. The van der Waals surface area contributed by atoms with Crippen molar-refractivity contribution >= 4 is 46.4 Å². The first-order valence-electron chi connectivity index (χ1n) is 8.94. The SMILES string of the molecule is CSc1ccc(/C=C2\SC(N3CCN(c4ccccc4)CC3)=NC2=O)cc1. The highest BCUT2D eigenvalue weighted by molar-refractivity contribution is 8.18. The van der Waals surface area contributed by atoms with Crippen molar-refractivity contribution in [2.75, 3.05) is 37.3 Å². The van der Waals surface area contributed by atoms with E-state index >= 15 is 0 Å². The molecule has 27 heavy (non-hydrogen) atoms. The van der Waals surface area contributed by atoms with Gasteiger partial charge in [0.05, 0.1) is 4.91 Å². The van der Waals surface area contributed by atoms with Crippen molar-refractivity contribution in [1.82, 2.24) is 4.90 Å². The summed E-state index contributed by atoms with van der Waals surface area (Å²) in [6, 6.07) is 18.7. The largest absolute Gasteiger partial charge is 0.368 e. The van der Waals surface area contributed by atoms with E-state index < -0.39 is 0 Å². The van der Waals surface area contributed by atoms with Crippen molar-refractivity contribution in [3.05, 3.63) is 65.1 Å². The summed E-state index contributed by atoms with van der Waals surface area (Å²) < 4.78 is 0. The molecule has 2 heterocycles. The lowest BCUT2D eigenvalue weighted by atomic mass is 10.2. The fraction of sp³-hybridized carbons (Fsp3) is 0.238. The first-order valence-corrected chi connectivity index (χ1v) is 11.0. The molecule has 2 aromatic rings. The predicted octanol–water partition coefficient (Wildman–Crippen LogP) is 4.20. The second-order valence-electron chi connectivity index (χ2n) is 6.39. The molecule has 4 rings (SSSR count). The molecule has 0 aromatic heterocycles. The molecule has 2 aromatic carbocycles. The van der Waals surface area contributed by atoms with Gasteiger partial charge in [-0.2, -0.15) is 4.99 Å². The Morgan fingerprint density at radius 2 is 1.63 bits per heavy atom. The molecule has 2 aliphatic rings. The average molecular weight is 396 g/mol. The number of piperazine rings is 1. The summed E-state index contributed by atoms with van der Waals surface area (Å²) in [5.41, 5.74) is 2.29. The lowest BCUT2D eigenvalue weighted by Crippen LogP contribution is -2.47. The third kappa shape index (κ3) is 4.22. The number of carbonyl (C=O) groups is 1. The van der Waals surface area contributed by atoms with Crippen LogP contribution in [0.15, 0.2) is 69.4 Å². The molecule has 0 unspecified atom stereocenters. The number of hydrogen-bond donors (Lipinski definition) is 0. The molecular weight excluding hydrogens is 374 g/mol. The minimum Gasteiger partial charge on any atom is -0.368 e. The Balaban J connectivity index is 1.39. The maximum Gasteiger partial charge on any atom is 0.286 e. The van der Waals surface area contributed by atoms with E-state index in [1.807, 2.05) is 24.3 Å². The number of aliphatic imine (C=N–C) groups is 1. The van der Waals surface area contributed by atoms with Gasteiger partial charge in [-0.1, -0.05) is 30.3 Å². The van der Waals surface area contributed by atoms with Crippen LogP contribution in [0.25, 0.3) is 6.08 Å². The van der Waals surface area contributed by atoms with Crippen LogP contribution in [0.3, 0.4) is 0 Å². The molecule has 0 bridgehead atoms. The number of benzene rings is 2. The van der Waals surface area contributed by atoms with Gasteiger partial charge < -0.3 is 9.80 Å². The quantitative estimate of drug-likeness (QED) is 0.575. The van der Waals surface area contributed by atoms with Gasteiger partial charge in [0, 0.05) is 36.8 Å². The molecule has 0 saturated carbocycles. The minimum absolute atomic E-state index is 0.130. The molecule has 4 nitrogen and oxygen atoms in total. The maximum atomic E-state index is 12.3. The van der Waals surface area contributed by atoms with Crippen LogP contribution < -0.4 is 4.90 Å². The fourth-order valence-electron chi connectivity index (χ4n) is 3.18. The Bertz CT molecular complexity index is 870. The van der Waals surface area contributed by atoms with Gasteiger partial charge in [0.2, 0.25) is 0 Å². The molecular formula is C21H21N3OS2. The molecule has 0 radical (unpaired) electrons. The number of rotatable bonds is 3. The third-order valence-electron chi connectivity index (χ3n) is 4.69. The highest BCUT2D eigenvalue weighted by Crippen LogP contribution is 2.31. The standard InChI is InChI=1S/C21H21N3OS2/c1-26-18-9-7-16(8-10-18)15-19-20(25)22-21(27-19)24-13-11-23(12-14-24)17-5-3-2-4-6-17/h2-10,15H,11-14H2,1H3/b19-15-. The molecule has 0 aliphatic carbocycles. The van der Waals surface area contributed by atoms with Crippen molar-refractivity contribution in [1.29, 1.82) is 0 Å². The summed E-state index contributed by atoms with van der Waals surface area (Å²) >= 11 is 3.20. The lowest BCUT2D eigenvalue weighted by molar-refractivity contribution is -0.113. The first kappa shape index (κ1) is 18.2. The van der Waals surface area contributed by atoms with Gasteiger partial charge in [-0.05, 0) is 53.9 Å². The molecule has 1 amide bonds. The molecule has 2 aliphatic heterocycles. The number of nitrogens with zero attached hydrogens (tertiary/aromatic N) is 3. The van der Waals surface area contributed by atoms with E-state index in [-0.39, 0.29) is 5.91 Å². The molecule has 0 atom stereocenters. The molecule has 1 saturated heterocycles.